The van der Waals surface area contributed by atoms with Crippen LogP contribution >= 0.6 is 11.3 Å². The smallest absolute Gasteiger partial charge is 0.218 e. The standard InChI is InChI=1S/C20H20N4OS/c1-4-25-20-17(18-15(10-22-20)23-12(3)24-19(18)21)11(2)13-6-5-7-16-14(13)8-9-26-16/h5-11H,4H2,1-3H3,(H2,21,23,24). The lowest BCUT2D eigenvalue weighted by Crippen LogP contribution is -2.08. The minimum atomic E-state index is 0.0413. The van der Waals surface area contributed by atoms with Crippen LogP contribution in [0.1, 0.15) is 36.7 Å². The predicted octanol–water partition coefficient (Wildman–Crippen LogP) is 4.68. The minimum absolute atomic E-state index is 0.0413. The van der Waals surface area contributed by atoms with Gasteiger partial charge < -0.3 is 10.5 Å². The van der Waals surface area contributed by atoms with Crippen molar-refractivity contribution in [3.05, 3.63) is 52.8 Å². The van der Waals surface area contributed by atoms with Crippen LogP contribution in [0.5, 0.6) is 5.88 Å². The Labute approximate surface area is 155 Å². The number of thiophene rings is 1. The molecule has 0 saturated carbocycles. The van der Waals surface area contributed by atoms with Gasteiger partial charge in [-0.15, -0.1) is 11.3 Å². The first-order chi connectivity index (χ1) is 12.6. The second kappa shape index (κ2) is 6.53. The Bertz CT molecular complexity index is 1110. The minimum Gasteiger partial charge on any atom is -0.478 e. The van der Waals surface area contributed by atoms with E-state index in [0.29, 0.717) is 24.1 Å². The molecule has 1 unspecified atom stereocenters. The van der Waals surface area contributed by atoms with Gasteiger partial charge in [0, 0.05) is 16.2 Å². The Hall–Kier alpha value is -2.73. The number of nitrogens with zero attached hydrogens (tertiary/aromatic N) is 3. The fourth-order valence-corrected chi connectivity index (χ4v) is 4.31. The maximum Gasteiger partial charge on any atom is 0.218 e. The van der Waals surface area contributed by atoms with Crippen LogP contribution in [0, 0.1) is 6.92 Å². The summed E-state index contributed by atoms with van der Waals surface area (Å²) in [6.45, 7) is 6.48. The molecule has 4 aromatic rings. The van der Waals surface area contributed by atoms with E-state index in [4.69, 9.17) is 10.5 Å². The van der Waals surface area contributed by atoms with Gasteiger partial charge in [0.05, 0.1) is 23.7 Å². The van der Waals surface area contributed by atoms with Crippen LogP contribution in [0.25, 0.3) is 21.0 Å². The fraction of sp³-hybridized carbons (Fsp3) is 0.250. The summed E-state index contributed by atoms with van der Waals surface area (Å²) < 4.78 is 7.11. The van der Waals surface area contributed by atoms with E-state index in [9.17, 15) is 0 Å². The third-order valence-electron chi connectivity index (χ3n) is 4.59. The Morgan fingerprint density at radius 1 is 1.23 bits per heavy atom. The Morgan fingerprint density at radius 3 is 2.88 bits per heavy atom. The van der Waals surface area contributed by atoms with Crippen LogP contribution in [0.2, 0.25) is 0 Å². The van der Waals surface area contributed by atoms with Crippen LogP contribution in [0.15, 0.2) is 35.8 Å². The molecule has 0 bridgehead atoms. The second-order valence-electron chi connectivity index (χ2n) is 6.23. The largest absolute Gasteiger partial charge is 0.478 e. The lowest BCUT2D eigenvalue weighted by atomic mass is 9.89. The summed E-state index contributed by atoms with van der Waals surface area (Å²) in [6.07, 6.45) is 1.72. The molecule has 132 valence electrons. The highest BCUT2D eigenvalue weighted by Crippen LogP contribution is 2.40. The molecule has 0 spiro atoms. The van der Waals surface area contributed by atoms with E-state index in [0.717, 1.165) is 16.5 Å². The Balaban J connectivity index is 2.02. The van der Waals surface area contributed by atoms with Crippen molar-refractivity contribution in [1.29, 1.82) is 0 Å². The number of hydrogen-bond acceptors (Lipinski definition) is 6. The number of pyridine rings is 1. The molecule has 3 aromatic heterocycles. The van der Waals surface area contributed by atoms with Crippen molar-refractivity contribution in [3.63, 3.8) is 0 Å². The summed E-state index contributed by atoms with van der Waals surface area (Å²) in [4.78, 5) is 13.4. The molecule has 2 N–H and O–H groups in total. The third-order valence-corrected chi connectivity index (χ3v) is 5.47. The van der Waals surface area contributed by atoms with Gasteiger partial charge in [0.25, 0.3) is 0 Å². The molecule has 0 fully saturated rings. The van der Waals surface area contributed by atoms with Gasteiger partial charge in [-0.1, -0.05) is 19.1 Å². The fourth-order valence-electron chi connectivity index (χ4n) is 3.49. The molecule has 0 aliphatic carbocycles. The average Bonchev–Trinajstić information content (AvgIpc) is 3.10. The molecule has 6 heteroatoms. The summed E-state index contributed by atoms with van der Waals surface area (Å²) >= 11 is 1.74. The van der Waals surface area contributed by atoms with E-state index in [1.165, 1.54) is 15.6 Å². The van der Waals surface area contributed by atoms with Gasteiger partial charge in [-0.3, -0.25) is 0 Å². The molecular weight excluding hydrogens is 344 g/mol. The van der Waals surface area contributed by atoms with E-state index in [1.807, 2.05) is 13.8 Å². The number of hydrogen-bond donors (Lipinski definition) is 1. The van der Waals surface area contributed by atoms with Crippen molar-refractivity contribution in [2.75, 3.05) is 12.3 Å². The van der Waals surface area contributed by atoms with Crippen molar-refractivity contribution >= 4 is 38.1 Å². The molecule has 5 nitrogen and oxygen atoms in total. The van der Waals surface area contributed by atoms with Gasteiger partial charge in [0.15, 0.2) is 0 Å². The van der Waals surface area contributed by atoms with Crippen molar-refractivity contribution in [1.82, 2.24) is 15.0 Å². The highest BCUT2D eigenvalue weighted by Gasteiger charge is 2.23. The predicted molar refractivity (Wildman–Crippen MR) is 107 cm³/mol. The summed E-state index contributed by atoms with van der Waals surface area (Å²) in [6, 6.07) is 8.55. The molecule has 0 radical (unpaired) electrons. The zero-order chi connectivity index (χ0) is 18.3. The number of nitrogens with two attached hydrogens (primary N) is 1. The second-order valence-corrected chi connectivity index (χ2v) is 7.18. The molecule has 1 atom stereocenters. The monoisotopic (exact) mass is 364 g/mol. The van der Waals surface area contributed by atoms with E-state index in [-0.39, 0.29) is 5.92 Å². The van der Waals surface area contributed by atoms with Gasteiger partial charge in [0.2, 0.25) is 5.88 Å². The molecule has 0 amide bonds. The first-order valence-corrected chi connectivity index (χ1v) is 9.49. The SMILES string of the molecule is CCOc1ncc2nc(C)nc(N)c2c1C(C)c1cccc2sccc12. The van der Waals surface area contributed by atoms with E-state index >= 15 is 0 Å². The number of rotatable bonds is 4. The van der Waals surface area contributed by atoms with Crippen molar-refractivity contribution in [2.45, 2.75) is 26.7 Å². The maximum absolute atomic E-state index is 6.30. The molecule has 0 saturated heterocycles. The normalized spacial score (nSPS) is 12.6. The first kappa shape index (κ1) is 16.7. The number of benzene rings is 1. The molecule has 0 aliphatic rings. The molecule has 26 heavy (non-hydrogen) atoms. The van der Waals surface area contributed by atoms with Gasteiger partial charge in [-0.05, 0) is 42.3 Å². The number of ether oxygens (including phenoxy) is 1. The van der Waals surface area contributed by atoms with E-state index in [2.05, 4.69) is 51.5 Å². The van der Waals surface area contributed by atoms with Crippen molar-refractivity contribution < 1.29 is 4.74 Å². The van der Waals surface area contributed by atoms with Gasteiger partial charge in [-0.2, -0.15) is 0 Å². The lowest BCUT2D eigenvalue weighted by molar-refractivity contribution is 0.323. The number of anilines is 1. The molecular formula is C20H20N4OS. The quantitative estimate of drug-likeness (QED) is 0.569. The molecule has 1 aromatic carbocycles. The first-order valence-electron chi connectivity index (χ1n) is 8.61. The number of aryl methyl sites for hydroxylation is 1. The van der Waals surface area contributed by atoms with Gasteiger partial charge >= 0.3 is 0 Å². The highest BCUT2D eigenvalue weighted by atomic mass is 32.1. The van der Waals surface area contributed by atoms with E-state index in [1.54, 1.807) is 17.5 Å². The van der Waals surface area contributed by atoms with Crippen molar-refractivity contribution in [3.8, 4) is 5.88 Å². The molecule has 0 aliphatic heterocycles. The zero-order valence-electron chi connectivity index (χ0n) is 15.0. The summed E-state index contributed by atoms with van der Waals surface area (Å²) in [7, 11) is 0. The summed E-state index contributed by atoms with van der Waals surface area (Å²) in [5.74, 6) is 1.74. The third kappa shape index (κ3) is 2.66. The Morgan fingerprint density at radius 2 is 2.08 bits per heavy atom. The summed E-state index contributed by atoms with van der Waals surface area (Å²) in [5, 5.41) is 4.19. The lowest BCUT2D eigenvalue weighted by Gasteiger charge is -2.20. The van der Waals surface area contributed by atoms with Crippen LogP contribution < -0.4 is 10.5 Å². The molecule has 4 rings (SSSR count). The highest BCUT2D eigenvalue weighted by molar-refractivity contribution is 7.17. The van der Waals surface area contributed by atoms with Crippen LogP contribution in [0.4, 0.5) is 5.82 Å². The maximum atomic E-state index is 6.30. The Kier molecular flexibility index (Phi) is 4.20. The number of fused-ring (bicyclic) bond motifs is 2. The average molecular weight is 364 g/mol. The van der Waals surface area contributed by atoms with Gasteiger partial charge in [0.1, 0.15) is 11.6 Å². The van der Waals surface area contributed by atoms with Crippen molar-refractivity contribution in [2.24, 2.45) is 0 Å². The number of nitrogen functional groups attached to an aromatic ring is 1. The zero-order valence-corrected chi connectivity index (χ0v) is 15.8. The van der Waals surface area contributed by atoms with Crippen LogP contribution in [0.3, 0.4) is 0 Å². The van der Waals surface area contributed by atoms with Gasteiger partial charge in [-0.25, -0.2) is 15.0 Å². The van der Waals surface area contributed by atoms with E-state index < -0.39 is 0 Å². The molecule has 3 heterocycles. The van der Waals surface area contributed by atoms with Crippen LogP contribution in [-0.2, 0) is 0 Å². The topological polar surface area (TPSA) is 73.9 Å². The summed E-state index contributed by atoms with van der Waals surface area (Å²) in [5.41, 5.74) is 9.21. The number of aromatic nitrogens is 3. The van der Waals surface area contributed by atoms with Crippen LogP contribution in [-0.4, -0.2) is 21.6 Å².